The molecule has 1 aromatic rings. The van der Waals surface area contributed by atoms with Crippen LogP contribution in [0.3, 0.4) is 0 Å². The maximum Gasteiger partial charge on any atom is 0.123 e. The predicted molar refractivity (Wildman–Crippen MR) is 60.2 cm³/mol. The highest BCUT2D eigenvalue weighted by molar-refractivity contribution is 5.36. The molecule has 2 heterocycles. The lowest BCUT2D eigenvalue weighted by Crippen LogP contribution is -2.51. The number of nitrogens with one attached hydrogen (secondary N) is 1. The van der Waals surface area contributed by atoms with Crippen LogP contribution in [0.5, 0.6) is 5.75 Å². The molecular formula is C13H17NO. The van der Waals surface area contributed by atoms with Crippen molar-refractivity contribution in [3.05, 3.63) is 29.8 Å². The van der Waals surface area contributed by atoms with Crippen LogP contribution in [-0.2, 0) is 6.42 Å². The van der Waals surface area contributed by atoms with Crippen molar-refractivity contribution in [2.24, 2.45) is 0 Å². The van der Waals surface area contributed by atoms with E-state index in [1.165, 1.54) is 18.4 Å². The number of para-hydroxylation sites is 1. The first-order chi connectivity index (χ1) is 7.38. The summed E-state index contributed by atoms with van der Waals surface area (Å²) in [6.45, 7) is 2.16. The summed E-state index contributed by atoms with van der Waals surface area (Å²) in [6.07, 6.45) is 4.77. The number of ether oxygens (including phenoxy) is 1. The summed E-state index contributed by atoms with van der Waals surface area (Å²) in [4.78, 5) is 0. The lowest BCUT2D eigenvalue weighted by atomic mass is 9.85. The molecule has 0 saturated carbocycles. The van der Waals surface area contributed by atoms with Gasteiger partial charge < -0.3 is 10.1 Å². The Morgan fingerprint density at radius 2 is 2.13 bits per heavy atom. The summed E-state index contributed by atoms with van der Waals surface area (Å²) in [5.74, 6) is 1.10. The molecule has 1 aromatic carbocycles. The van der Waals surface area contributed by atoms with Crippen molar-refractivity contribution in [1.82, 2.24) is 5.32 Å². The number of hydrogen-bond donors (Lipinski definition) is 1. The molecule has 15 heavy (non-hydrogen) atoms. The van der Waals surface area contributed by atoms with Gasteiger partial charge >= 0.3 is 0 Å². The first-order valence-electron chi connectivity index (χ1n) is 5.86. The van der Waals surface area contributed by atoms with Crippen molar-refractivity contribution in [2.75, 3.05) is 13.1 Å². The highest BCUT2D eigenvalue weighted by atomic mass is 16.5. The molecule has 1 unspecified atom stereocenters. The molecule has 1 spiro atoms. The minimum absolute atomic E-state index is 0.0899. The second kappa shape index (κ2) is 3.53. The fourth-order valence-electron chi connectivity index (χ4n) is 2.70. The first-order valence-corrected chi connectivity index (χ1v) is 5.86. The third-order valence-electron chi connectivity index (χ3n) is 3.58. The van der Waals surface area contributed by atoms with Gasteiger partial charge in [-0.2, -0.15) is 0 Å². The van der Waals surface area contributed by atoms with Crippen LogP contribution in [0.15, 0.2) is 24.3 Å². The molecule has 0 aromatic heterocycles. The molecule has 0 amide bonds. The molecule has 1 atom stereocenters. The number of hydrogen-bond acceptors (Lipinski definition) is 2. The maximum absolute atomic E-state index is 6.20. The zero-order valence-electron chi connectivity index (χ0n) is 8.96. The van der Waals surface area contributed by atoms with Gasteiger partial charge in [0.1, 0.15) is 11.4 Å². The van der Waals surface area contributed by atoms with Crippen LogP contribution in [0.25, 0.3) is 0 Å². The van der Waals surface area contributed by atoms with Gasteiger partial charge in [-0.1, -0.05) is 18.2 Å². The van der Waals surface area contributed by atoms with E-state index in [1.807, 2.05) is 0 Å². The van der Waals surface area contributed by atoms with Crippen LogP contribution < -0.4 is 10.1 Å². The average molecular weight is 203 g/mol. The Balaban J connectivity index is 1.87. The normalized spacial score (nSPS) is 29.6. The molecule has 3 rings (SSSR count). The van der Waals surface area contributed by atoms with E-state index in [0.717, 1.165) is 31.7 Å². The summed E-state index contributed by atoms with van der Waals surface area (Å²) in [6, 6.07) is 8.44. The molecule has 2 aliphatic heterocycles. The van der Waals surface area contributed by atoms with Gasteiger partial charge in [-0.3, -0.25) is 0 Å². The molecule has 2 nitrogen and oxygen atoms in total. The van der Waals surface area contributed by atoms with Crippen molar-refractivity contribution in [2.45, 2.75) is 31.3 Å². The minimum Gasteiger partial charge on any atom is -0.486 e. The predicted octanol–water partition coefficient (Wildman–Crippen LogP) is 2.13. The van der Waals surface area contributed by atoms with Crippen molar-refractivity contribution >= 4 is 0 Å². The number of piperidine rings is 1. The van der Waals surface area contributed by atoms with E-state index >= 15 is 0 Å². The van der Waals surface area contributed by atoms with Gasteiger partial charge in [0, 0.05) is 6.54 Å². The zero-order valence-corrected chi connectivity index (χ0v) is 8.96. The van der Waals surface area contributed by atoms with E-state index in [2.05, 4.69) is 29.6 Å². The largest absolute Gasteiger partial charge is 0.486 e. The van der Waals surface area contributed by atoms with Gasteiger partial charge in [0.05, 0.1) is 0 Å². The van der Waals surface area contributed by atoms with Crippen molar-refractivity contribution in [1.29, 1.82) is 0 Å². The summed E-state index contributed by atoms with van der Waals surface area (Å²) in [5, 5.41) is 3.45. The Bertz CT molecular complexity index is 355. The molecular weight excluding hydrogens is 186 g/mol. The third kappa shape index (κ3) is 1.63. The van der Waals surface area contributed by atoms with Gasteiger partial charge in [-0.15, -0.1) is 0 Å². The molecule has 1 N–H and O–H groups in total. The van der Waals surface area contributed by atoms with Gasteiger partial charge in [0.25, 0.3) is 0 Å². The number of rotatable bonds is 0. The van der Waals surface area contributed by atoms with Crippen molar-refractivity contribution in [3.8, 4) is 5.75 Å². The molecule has 1 saturated heterocycles. The van der Waals surface area contributed by atoms with Crippen molar-refractivity contribution in [3.63, 3.8) is 0 Å². The topological polar surface area (TPSA) is 21.3 Å². The first kappa shape index (κ1) is 9.22. The average Bonchev–Trinajstić information content (AvgIpc) is 2.30. The van der Waals surface area contributed by atoms with Gasteiger partial charge in [0.15, 0.2) is 0 Å². The third-order valence-corrected chi connectivity index (χ3v) is 3.58. The molecule has 0 radical (unpaired) electrons. The molecule has 0 aliphatic carbocycles. The molecule has 1 fully saturated rings. The monoisotopic (exact) mass is 203 g/mol. The lowest BCUT2D eigenvalue weighted by Gasteiger charge is -2.41. The van der Waals surface area contributed by atoms with Crippen molar-refractivity contribution < 1.29 is 4.74 Å². The molecule has 80 valence electrons. The Kier molecular flexibility index (Phi) is 2.17. The number of fused-ring (bicyclic) bond motifs is 1. The Morgan fingerprint density at radius 3 is 3.00 bits per heavy atom. The second-order valence-corrected chi connectivity index (χ2v) is 4.67. The van der Waals surface area contributed by atoms with Crippen LogP contribution in [0.2, 0.25) is 0 Å². The van der Waals surface area contributed by atoms with E-state index in [1.54, 1.807) is 0 Å². The Labute approximate surface area is 90.6 Å². The molecule has 2 aliphatic rings. The standard InChI is InChI=1S/C13H17NO/c1-2-5-12-11(4-1)6-8-13(15-12)7-3-9-14-10-13/h1-2,4-5,14H,3,6-10H2. The van der Waals surface area contributed by atoms with Crippen LogP contribution >= 0.6 is 0 Å². The van der Waals surface area contributed by atoms with Crippen LogP contribution in [0.1, 0.15) is 24.8 Å². The molecule has 2 heteroatoms. The summed E-state index contributed by atoms with van der Waals surface area (Å²) in [7, 11) is 0. The number of aryl methyl sites for hydroxylation is 1. The fraction of sp³-hybridized carbons (Fsp3) is 0.538. The van der Waals surface area contributed by atoms with E-state index in [4.69, 9.17) is 4.74 Å². The van der Waals surface area contributed by atoms with Crippen LogP contribution in [0, 0.1) is 0 Å². The van der Waals surface area contributed by atoms with Gasteiger partial charge in [-0.25, -0.2) is 0 Å². The van der Waals surface area contributed by atoms with E-state index in [0.29, 0.717) is 0 Å². The Hall–Kier alpha value is -1.02. The van der Waals surface area contributed by atoms with E-state index < -0.39 is 0 Å². The zero-order chi connectivity index (χ0) is 10.1. The highest BCUT2D eigenvalue weighted by Crippen LogP contribution is 2.36. The maximum atomic E-state index is 6.20. The summed E-state index contributed by atoms with van der Waals surface area (Å²) in [5.41, 5.74) is 1.46. The lowest BCUT2D eigenvalue weighted by molar-refractivity contribution is 0.0228. The van der Waals surface area contributed by atoms with E-state index in [9.17, 15) is 0 Å². The minimum atomic E-state index is 0.0899. The van der Waals surface area contributed by atoms with Crippen LogP contribution in [0.4, 0.5) is 0 Å². The van der Waals surface area contributed by atoms with E-state index in [-0.39, 0.29) is 5.60 Å². The second-order valence-electron chi connectivity index (χ2n) is 4.67. The Morgan fingerprint density at radius 1 is 1.20 bits per heavy atom. The van der Waals surface area contributed by atoms with Crippen LogP contribution in [-0.4, -0.2) is 18.7 Å². The highest BCUT2D eigenvalue weighted by Gasteiger charge is 2.37. The fourth-order valence-corrected chi connectivity index (χ4v) is 2.70. The summed E-state index contributed by atoms with van der Waals surface area (Å²) >= 11 is 0. The van der Waals surface area contributed by atoms with Gasteiger partial charge in [0.2, 0.25) is 0 Å². The smallest absolute Gasteiger partial charge is 0.123 e. The van der Waals surface area contributed by atoms with Gasteiger partial charge in [-0.05, 0) is 43.9 Å². The quantitative estimate of drug-likeness (QED) is 0.697. The number of benzene rings is 1. The SMILES string of the molecule is c1ccc2c(c1)CCC1(CCCNC1)O2. The summed E-state index contributed by atoms with van der Waals surface area (Å²) < 4.78 is 6.20. The molecule has 0 bridgehead atoms.